The third-order valence-corrected chi connectivity index (χ3v) is 28.8. The normalized spacial score (nSPS) is 29.0. The molecule has 2 aromatic heterocycles. The summed E-state index contributed by atoms with van der Waals surface area (Å²) in [6, 6.07) is 9.49. The summed E-state index contributed by atoms with van der Waals surface area (Å²) >= 11 is 13.0. The minimum atomic E-state index is -3.94. The second kappa shape index (κ2) is 33.4. The number of fused-ring (bicyclic) bond motifs is 10. The van der Waals surface area contributed by atoms with E-state index in [9.17, 15) is 55.2 Å². The number of sulfonamides is 2. The van der Waals surface area contributed by atoms with Gasteiger partial charge in [0, 0.05) is 58.9 Å². The number of carbonyl (C=O) groups is 8. The van der Waals surface area contributed by atoms with Crippen molar-refractivity contribution in [1.82, 2.24) is 29.8 Å². The molecule has 620 valence electrons. The zero-order chi connectivity index (χ0) is 80.4. The molecule has 4 N–H and O–H groups in total. The monoisotopic (exact) mass is 1640 g/mol. The van der Waals surface area contributed by atoms with Crippen LogP contribution in [-0.4, -0.2) is 153 Å². The van der Waals surface area contributed by atoms with Crippen LogP contribution in [0.3, 0.4) is 0 Å². The van der Waals surface area contributed by atoms with Gasteiger partial charge < -0.3 is 38.8 Å². The molecule has 6 fully saturated rings. The number of hydrogen-bond donors (Lipinski definition) is 3. The third-order valence-electron chi connectivity index (χ3n) is 24.2. The van der Waals surface area contributed by atoms with Crippen LogP contribution in [0.4, 0.5) is 0 Å². The number of halogens is 2. The van der Waals surface area contributed by atoms with Crippen LogP contribution in [0.1, 0.15) is 247 Å². The molecule has 10 aliphatic rings. The van der Waals surface area contributed by atoms with Crippen LogP contribution in [0, 0.1) is 42.9 Å². The van der Waals surface area contributed by atoms with Crippen LogP contribution in [0.15, 0.2) is 60.7 Å². The van der Waals surface area contributed by atoms with E-state index in [-0.39, 0.29) is 96.1 Å². The number of Topliss-reactive ketones (excluding diaryl/α,β-unsaturated/α-hetero) is 1. The van der Waals surface area contributed by atoms with E-state index in [0.29, 0.717) is 109 Å². The van der Waals surface area contributed by atoms with Gasteiger partial charge in [-0.2, -0.15) is 0 Å². The number of amides is 4. The fourth-order valence-electron chi connectivity index (χ4n) is 17.0. The maximum Gasteiger partial charge on any atom is 0.332 e. The van der Waals surface area contributed by atoms with E-state index < -0.39 is 117 Å². The maximum absolute atomic E-state index is 14.8. The summed E-state index contributed by atoms with van der Waals surface area (Å²) in [4.78, 5) is 125. The molecule has 0 bridgehead atoms. The van der Waals surface area contributed by atoms with Crippen LogP contribution < -0.4 is 24.7 Å². The lowest BCUT2D eigenvalue weighted by Gasteiger charge is -2.37. The van der Waals surface area contributed by atoms with Crippen molar-refractivity contribution in [2.24, 2.45) is 34.2 Å². The molecule has 0 unspecified atom stereocenters. The number of nitrogens with zero attached hydrogens (tertiary/aromatic N) is 4. The SMILES string of the molecule is C.C.CC1(S(N)(=O)=O)CC1.CCOC(=O)[C@@]12C[C@H]1/C=C\CCCCC[C@H](CC(=O)OC(C)(C)C)C(=O)N1C[C@@]3(CCc4c(c(C)nc5c(Cl)cccc45)O3)C[C@H]1C(=O)N2.Cc1nc2c(Cl)cccc2c2c1O[C@]1(CC2)C[C@H]2C(=O)C[C@]3(C(=O)NS(=O)(=O)C4(C)CC4)C[C@H]3/C=C\CCCCC[C@H](CC(=O)OC(C)(C)C)C(=O)N2C1. The molecular formula is C85H117Cl2N7O17S2. The number of aryl methyl sites for hydroxylation is 4. The van der Waals surface area contributed by atoms with Gasteiger partial charge in [0.25, 0.3) is 0 Å². The molecule has 113 heavy (non-hydrogen) atoms. The number of nitrogens with two attached hydrogens (primary N) is 1. The number of ether oxygens (including phenoxy) is 5. The summed E-state index contributed by atoms with van der Waals surface area (Å²) < 4.78 is 78.7. The van der Waals surface area contributed by atoms with E-state index in [1.54, 1.807) is 78.2 Å². The first-order chi connectivity index (χ1) is 52.1. The Morgan fingerprint density at radius 1 is 0.637 bits per heavy atom. The summed E-state index contributed by atoms with van der Waals surface area (Å²) in [5.41, 5.74) is -0.906. The van der Waals surface area contributed by atoms with Crippen molar-refractivity contribution < 1.29 is 78.9 Å². The predicted octanol–water partition coefficient (Wildman–Crippen LogP) is 14.0. The Bertz CT molecular complexity index is 4680. The van der Waals surface area contributed by atoms with E-state index in [4.69, 9.17) is 62.0 Å². The molecule has 8 heterocycles. The Morgan fingerprint density at radius 3 is 1.54 bits per heavy atom. The van der Waals surface area contributed by atoms with Crippen LogP contribution in [0.5, 0.6) is 11.5 Å². The van der Waals surface area contributed by atoms with Crippen molar-refractivity contribution in [3.05, 3.63) is 93.3 Å². The van der Waals surface area contributed by atoms with E-state index in [2.05, 4.69) is 16.1 Å². The largest absolute Gasteiger partial charge is 0.483 e. The zero-order valence-electron chi connectivity index (χ0n) is 65.9. The molecule has 0 radical (unpaired) electrons. The summed E-state index contributed by atoms with van der Waals surface area (Å²) in [7, 11) is -7.17. The van der Waals surface area contributed by atoms with Crippen molar-refractivity contribution in [2.75, 3.05) is 19.7 Å². The van der Waals surface area contributed by atoms with Crippen molar-refractivity contribution in [2.45, 2.75) is 301 Å². The van der Waals surface area contributed by atoms with Gasteiger partial charge in [-0.3, -0.25) is 38.3 Å². The first-order valence-corrected chi connectivity index (χ1v) is 43.4. The Morgan fingerprint density at radius 2 is 1.10 bits per heavy atom. The number of pyridine rings is 2. The van der Waals surface area contributed by atoms with Crippen molar-refractivity contribution in [3.63, 3.8) is 0 Å². The Kier molecular flexibility index (Phi) is 26.0. The van der Waals surface area contributed by atoms with E-state index in [1.165, 1.54) is 0 Å². The number of para-hydroxylation sites is 2. The molecule has 2 aromatic carbocycles. The number of allylic oxidation sites excluding steroid dienone is 3. The highest BCUT2D eigenvalue weighted by molar-refractivity contribution is 7.91. The van der Waals surface area contributed by atoms with Gasteiger partial charge in [-0.05, 0) is 197 Å². The van der Waals surface area contributed by atoms with E-state index >= 15 is 0 Å². The summed E-state index contributed by atoms with van der Waals surface area (Å²) in [5.74, 6) is -3.99. The molecule has 4 saturated carbocycles. The highest BCUT2D eigenvalue weighted by atomic mass is 35.5. The summed E-state index contributed by atoms with van der Waals surface area (Å²) in [5, 5.41) is 10.8. The Labute approximate surface area is 676 Å². The van der Waals surface area contributed by atoms with Gasteiger partial charge in [0.2, 0.25) is 43.7 Å². The number of hydrogen-bond acceptors (Lipinski definition) is 19. The smallest absolute Gasteiger partial charge is 0.332 e. The standard InChI is InChI=1S/C41H52ClN3O8S.C38H48ClN3O7.C4H9NO2S.2CH4/c1-25-35-29(28-14-11-15-30(42)34(28)43-25)16-17-40(53-35)22-31-32(46)23-41(37(49)44-54(50,51)39(5)18-19-39)21-27(41)13-10-8-6-7-9-12-26(36(48)45(31)24-40)20-33(47)52-38(2,3)4;1-6-47-35(46)38-20-25(38)14-11-9-7-8-10-13-24(19-30(43)48-36(3,4)5)34(45)42-22-37(21-29(42)33(44)41-38)18-17-27-26-15-12-16-28(39)31(26)40-23(2)32(27)49-37;1-4(2-3-4)8(5,6)7;;/h10-11,13-15,26-27,31H,6-9,12,16-24H2,1-5H3,(H,44,49);11-12,14-16,24-25,29H,6-10,13,17-22H2,1-5H3,(H,41,44);2-3H2,1H3,(H2,5,6,7);2*1H4/b13-10-;14-11-;;;/t26-,27-,31+,40-,41-;24-,25-,29+,37-,38-;;;/m11.../s1. The fraction of sp³-hybridized carbons (Fsp3) is 0.647. The summed E-state index contributed by atoms with van der Waals surface area (Å²) in [6.07, 6.45) is 21.0. The molecule has 28 heteroatoms. The quantitative estimate of drug-likeness (QED) is 0.0754. The number of carbonyl (C=O) groups excluding carboxylic acids is 8. The minimum Gasteiger partial charge on any atom is -0.483 e. The summed E-state index contributed by atoms with van der Waals surface area (Å²) in [6.45, 7) is 20.0. The van der Waals surface area contributed by atoms with Gasteiger partial charge in [-0.15, -0.1) is 0 Å². The number of primary sulfonamides is 1. The van der Waals surface area contributed by atoms with Gasteiger partial charge >= 0.3 is 17.9 Å². The predicted molar refractivity (Wildman–Crippen MR) is 434 cm³/mol. The van der Waals surface area contributed by atoms with Crippen molar-refractivity contribution >= 4 is 112 Å². The van der Waals surface area contributed by atoms with Crippen molar-refractivity contribution in [3.8, 4) is 11.5 Å². The lowest BCUT2D eigenvalue weighted by molar-refractivity contribution is -0.159. The average Bonchev–Trinajstić information content (AvgIpc) is 1.68. The molecule has 24 nitrogen and oxygen atoms in total. The Balaban J connectivity index is 0.000000215. The van der Waals surface area contributed by atoms with Gasteiger partial charge in [0.05, 0.1) is 86.0 Å². The van der Waals surface area contributed by atoms with Gasteiger partial charge in [-0.1, -0.05) is 112 Å². The lowest BCUT2D eigenvalue weighted by atomic mass is 9.85. The molecular weight excluding hydrogens is 1530 g/mol. The van der Waals surface area contributed by atoms with Gasteiger partial charge in [-0.25, -0.2) is 36.7 Å². The topological polar surface area (TPSA) is 333 Å². The van der Waals surface area contributed by atoms with Crippen LogP contribution in [0.2, 0.25) is 10.0 Å². The second-order valence-corrected chi connectivity index (χ2v) is 40.4. The number of ketones is 1. The molecule has 14 rings (SSSR count). The number of esters is 3. The fourth-order valence-corrected chi connectivity index (χ4v) is 19.5. The first kappa shape index (κ1) is 88.1. The minimum absolute atomic E-state index is 0. The highest BCUT2D eigenvalue weighted by Gasteiger charge is 2.65. The second-order valence-electron chi connectivity index (χ2n) is 35.3. The number of rotatable bonds is 10. The third kappa shape index (κ3) is 19.1. The lowest BCUT2D eigenvalue weighted by Crippen LogP contribution is -2.54. The molecule has 10 atom stereocenters. The van der Waals surface area contributed by atoms with Crippen LogP contribution in [0.25, 0.3) is 21.8 Å². The van der Waals surface area contributed by atoms with Crippen LogP contribution in [-0.2, 0) is 85.5 Å². The zero-order valence-corrected chi connectivity index (χ0v) is 69.1. The van der Waals surface area contributed by atoms with E-state index in [0.717, 1.165) is 85.2 Å². The van der Waals surface area contributed by atoms with Crippen LogP contribution >= 0.6 is 23.2 Å². The molecule has 6 aliphatic heterocycles. The van der Waals surface area contributed by atoms with Gasteiger partial charge in [0.15, 0.2) is 5.78 Å². The number of nitrogens with one attached hydrogen (secondary N) is 2. The molecule has 4 aromatic rings. The van der Waals surface area contributed by atoms with Crippen molar-refractivity contribution in [1.29, 1.82) is 0 Å². The van der Waals surface area contributed by atoms with E-state index in [1.807, 2.05) is 62.4 Å². The average molecular weight is 1640 g/mol. The maximum atomic E-state index is 14.8. The Hall–Kier alpha value is -7.26. The first-order valence-electron chi connectivity index (χ1n) is 39.6. The molecule has 4 amide bonds. The number of aromatic nitrogens is 2. The molecule has 4 aliphatic carbocycles. The number of benzene rings is 2. The molecule has 2 saturated heterocycles. The highest BCUT2D eigenvalue weighted by Crippen LogP contribution is 2.59. The van der Waals surface area contributed by atoms with Gasteiger partial charge in [0.1, 0.15) is 45.5 Å². The molecule has 2 spiro atoms.